The third kappa shape index (κ3) is 5.07. The second-order valence-corrected chi connectivity index (χ2v) is 7.35. The number of nitrogens with one attached hydrogen (secondary N) is 1. The second kappa shape index (κ2) is 8.97. The van der Waals surface area contributed by atoms with Gasteiger partial charge in [0.1, 0.15) is 22.3 Å². The normalized spacial score (nSPS) is 11.6. The van der Waals surface area contributed by atoms with Crippen molar-refractivity contribution in [3.05, 3.63) is 57.4 Å². The van der Waals surface area contributed by atoms with Gasteiger partial charge in [0.15, 0.2) is 0 Å². The highest BCUT2D eigenvalue weighted by Gasteiger charge is 2.16. The van der Waals surface area contributed by atoms with E-state index in [1.54, 1.807) is 18.2 Å². The number of carbonyl (C=O) groups is 2. The minimum atomic E-state index is -1.15. The lowest BCUT2D eigenvalue weighted by atomic mass is 10.1. The number of furan rings is 1. The Morgan fingerprint density at radius 1 is 1.28 bits per heavy atom. The first-order valence-corrected chi connectivity index (χ1v) is 9.74. The van der Waals surface area contributed by atoms with Crippen LogP contribution >= 0.6 is 23.4 Å². The van der Waals surface area contributed by atoms with E-state index >= 15 is 0 Å². The van der Waals surface area contributed by atoms with Crippen molar-refractivity contribution in [1.29, 1.82) is 0 Å². The SMILES string of the molecule is CCCc1nc(S/C(=C\c2ccc(-c3ccc(Cl)c(C(=O)O)c3)o2)C(=O)O)n[nH]1. The molecule has 0 aliphatic carbocycles. The summed E-state index contributed by atoms with van der Waals surface area (Å²) in [5, 5.41) is 25.9. The van der Waals surface area contributed by atoms with E-state index in [9.17, 15) is 19.8 Å². The van der Waals surface area contributed by atoms with Gasteiger partial charge in [-0.25, -0.2) is 14.6 Å². The lowest BCUT2D eigenvalue weighted by Gasteiger charge is -2.02. The first-order valence-electron chi connectivity index (χ1n) is 8.54. The highest BCUT2D eigenvalue weighted by atomic mass is 35.5. The number of aryl methyl sites for hydroxylation is 1. The number of nitrogens with zero attached hydrogens (tertiary/aromatic N) is 2. The molecule has 0 aliphatic rings. The number of aromatic carboxylic acids is 1. The number of aromatic amines is 1. The van der Waals surface area contributed by atoms with Crippen LogP contribution in [0.25, 0.3) is 17.4 Å². The summed E-state index contributed by atoms with van der Waals surface area (Å²) in [6.45, 7) is 2.01. The minimum Gasteiger partial charge on any atom is -0.478 e. The summed E-state index contributed by atoms with van der Waals surface area (Å²) in [5.74, 6) is -0.928. The highest BCUT2D eigenvalue weighted by molar-refractivity contribution is 8.04. The van der Waals surface area contributed by atoms with Crippen LogP contribution in [0.2, 0.25) is 5.02 Å². The Balaban J connectivity index is 1.85. The molecule has 2 aromatic heterocycles. The Morgan fingerprint density at radius 2 is 2.07 bits per heavy atom. The first-order chi connectivity index (χ1) is 13.9. The number of benzene rings is 1. The fourth-order valence-corrected chi connectivity index (χ4v) is 3.37. The zero-order valence-electron chi connectivity index (χ0n) is 15.2. The number of hydrogen-bond acceptors (Lipinski definition) is 6. The lowest BCUT2D eigenvalue weighted by molar-refractivity contribution is -0.131. The fraction of sp³-hybridized carbons (Fsp3) is 0.158. The Labute approximate surface area is 174 Å². The van der Waals surface area contributed by atoms with Crippen molar-refractivity contribution < 1.29 is 24.2 Å². The van der Waals surface area contributed by atoms with Crippen LogP contribution in [0.1, 0.15) is 35.3 Å². The number of aromatic nitrogens is 3. The molecular weight excluding hydrogens is 418 g/mol. The fourth-order valence-electron chi connectivity index (χ4n) is 2.46. The van der Waals surface area contributed by atoms with E-state index in [0.29, 0.717) is 28.1 Å². The molecule has 3 N–H and O–H groups in total. The van der Waals surface area contributed by atoms with Crippen LogP contribution < -0.4 is 0 Å². The summed E-state index contributed by atoms with van der Waals surface area (Å²) >= 11 is 6.79. The maximum absolute atomic E-state index is 11.6. The van der Waals surface area contributed by atoms with E-state index in [4.69, 9.17) is 16.0 Å². The average molecular weight is 434 g/mol. The third-order valence-corrected chi connectivity index (χ3v) is 5.00. The molecule has 1 aromatic carbocycles. The zero-order valence-corrected chi connectivity index (χ0v) is 16.8. The lowest BCUT2D eigenvalue weighted by Crippen LogP contribution is -1.97. The van der Waals surface area contributed by atoms with E-state index in [0.717, 1.165) is 24.6 Å². The summed E-state index contributed by atoms with van der Waals surface area (Å²) in [6, 6.07) is 7.70. The molecule has 0 atom stereocenters. The maximum Gasteiger partial charge on any atom is 0.342 e. The van der Waals surface area contributed by atoms with Gasteiger partial charge in [0.2, 0.25) is 5.16 Å². The molecule has 10 heteroatoms. The van der Waals surface area contributed by atoms with Gasteiger partial charge in [-0.2, -0.15) is 0 Å². The number of aliphatic carboxylic acids is 1. The number of rotatable bonds is 8. The molecule has 150 valence electrons. The summed E-state index contributed by atoms with van der Waals surface area (Å²) in [7, 11) is 0. The summed E-state index contributed by atoms with van der Waals surface area (Å²) in [6.07, 6.45) is 2.98. The van der Waals surface area contributed by atoms with Crippen molar-refractivity contribution >= 4 is 41.4 Å². The van der Waals surface area contributed by atoms with Crippen LogP contribution in [0.4, 0.5) is 0 Å². The van der Waals surface area contributed by atoms with Crippen LogP contribution in [0, 0.1) is 0 Å². The van der Waals surface area contributed by atoms with Crippen molar-refractivity contribution in [1.82, 2.24) is 15.2 Å². The standard InChI is InChI=1S/C19H16ClN3O5S/c1-2-3-16-21-19(23-22-16)29-15(18(26)27)9-11-5-7-14(28-11)10-4-6-13(20)12(8-10)17(24)25/h4-9H,2-3H2,1H3,(H,24,25)(H,26,27)(H,21,22,23)/b15-9-. The van der Waals surface area contributed by atoms with Crippen LogP contribution in [0.3, 0.4) is 0 Å². The molecule has 0 bridgehead atoms. The van der Waals surface area contributed by atoms with Crippen LogP contribution in [-0.2, 0) is 11.2 Å². The number of hydrogen-bond donors (Lipinski definition) is 3. The monoisotopic (exact) mass is 433 g/mol. The van der Waals surface area contributed by atoms with Gasteiger partial charge in [-0.3, -0.25) is 5.10 Å². The van der Waals surface area contributed by atoms with Crippen molar-refractivity contribution in [3.63, 3.8) is 0 Å². The molecule has 0 radical (unpaired) electrons. The molecular formula is C19H16ClN3O5S. The number of H-pyrrole nitrogens is 1. The van der Waals surface area contributed by atoms with Gasteiger partial charge >= 0.3 is 11.9 Å². The van der Waals surface area contributed by atoms with Gasteiger partial charge in [0.05, 0.1) is 10.6 Å². The predicted octanol–water partition coefficient (Wildman–Crippen LogP) is 4.59. The van der Waals surface area contributed by atoms with Crippen molar-refractivity contribution in [2.24, 2.45) is 0 Å². The number of carboxylic acids is 2. The molecule has 0 fully saturated rings. The predicted molar refractivity (Wildman–Crippen MR) is 108 cm³/mol. The molecule has 3 rings (SSSR count). The van der Waals surface area contributed by atoms with Gasteiger partial charge in [-0.1, -0.05) is 18.5 Å². The quantitative estimate of drug-likeness (QED) is 0.347. The van der Waals surface area contributed by atoms with Crippen molar-refractivity contribution in [3.8, 4) is 11.3 Å². The van der Waals surface area contributed by atoms with Crippen LogP contribution in [0.15, 0.2) is 44.8 Å². The van der Waals surface area contributed by atoms with Gasteiger partial charge < -0.3 is 14.6 Å². The Kier molecular flexibility index (Phi) is 6.40. The second-order valence-electron chi connectivity index (χ2n) is 5.93. The number of carboxylic acid groups (broad SMARTS) is 2. The third-order valence-electron chi connectivity index (χ3n) is 3.79. The molecule has 0 unspecified atom stereocenters. The van der Waals surface area contributed by atoms with Gasteiger partial charge in [0.25, 0.3) is 0 Å². The molecule has 29 heavy (non-hydrogen) atoms. The van der Waals surface area contributed by atoms with Gasteiger partial charge in [0, 0.05) is 18.1 Å². The molecule has 2 heterocycles. The molecule has 0 amide bonds. The van der Waals surface area contributed by atoms with E-state index in [-0.39, 0.29) is 15.5 Å². The largest absolute Gasteiger partial charge is 0.478 e. The Bertz CT molecular complexity index is 1090. The average Bonchev–Trinajstić information content (AvgIpc) is 3.31. The van der Waals surface area contributed by atoms with Gasteiger partial charge in [-0.15, -0.1) is 5.10 Å². The van der Waals surface area contributed by atoms with Crippen LogP contribution in [-0.4, -0.2) is 37.3 Å². The minimum absolute atomic E-state index is 0.0183. The van der Waals surface area contributed by atoms with E-state index < -0.39 is 11.9 Å². The summed E-state index contributed by atoms with van der Waals surface area (Å²) < 4.78 is 5.67. The highest BCUT2D eigenvalue weighted by Crippen LogP contribution is 2.30. The molecule has 3 aromatic rings. The van der Waals surface area contributed by atoms with Crippen molar-refractivity contribution in [2.45, 2.75) is 24.9 Å². The van der Waals surface area contributed by atoms with Crippen LogP contribution in [0.5, 0.6) is 0 Å². The van der Waals surface area contributed by atoms with Gasteiger partial charge in [-0.05, 0) is 48.5 Å². The Morgan fingerprint density at radius 3 is 2.76 bits per heavy atom. The molecule has 0 saturated heterocycles. The maximum atomic E-state index is 11.6. The smallest absolute Gasteiger partial charge is 0.342 e. The molecule has 0 saturated carbocycles. The summed E-state index contributed by atoms with van der Waals surface area (Å²) in [4.78, 5) is 27.1. The van der Waals surface area contributed by atoms with E-state index in [2.05, 4.69) is 15.2 Å². The topological polar surface area (TPSA) is 129 Å². The first kappa shape index (κ1) is 20.7. The zero-order chi connectivity index (χ0) is 21.0. The molecule has 8 nitrogen and oxygen atoms in total. The summed E-state index contributed by atoms with van der Waals surface area (Å²) in [5.41, 5.74) is 0.459. The molecule has 0 spiro atoms. The molecule has 0 aliphatic heterocycles. The van der Waals surface area contributed by atoms with Crippen molar-refractivity contribution in [2.75, 3.05) is 0 Å². The number of thioether (sulfide) groups is 1. The Hall–Kier alpha value is -3.04. The van der Waals surface area contributed by atoms with E-state index in [1.807, 2.05) is 6.92 Å². The number of halogens is 1. The van der Waals surface area contributed by atoms with E-state index in [1.165, 1.54) is 18.2 Å².